The summed E-state index contributed by atoms with van der Waals surface area (Å²) in [6, 6.07) is 13.4. The van der Waals surface area contributed by atoms with E-state index in [0.29, 0.717) is 15.8 Å². The maximum absolute atomic E-state index is 12.2. The van der Waals surface area contributed by atoms with Crippen LogP contribution in [0.25, 0.3) is 0 Å². The number of carbonyl (C=O) groups is 1. The molecule has 0 saturated heterocycles. The first-order valence-corrected chi connectivity index (χ1v) is 8.34. The van der Waals surface area contributed by atoms with Crippen LogP contribution in [0.5, 0.6) is 5.75 Å². The average molecular weight is 350 g/mol. The summed E-state index contributed by atoms with van der Waals surface area (Å²) in [5.74, 6) is 0.251. The molecule has 1 atom stereocenters. The molecule has 0 spiro atoms. The quantitative estimate of drug-likeness (QED) is 0.878. The van der Waals surface area contributed by atoms with Crippen molar-refractivity contribution < 1.29 is 9.53 Å². The van der Waals surface area contributed by atoms with Gasteiger partial charge in [0.1, 0.15) is 10.8 Å². The van der Waals surface area contributed by atoms with Crippen LogP contribution in [0, 0.1) is 0 Å². The Bertz CT molecular complexity index is 718. The molecule has 0 bridgehead atoms. The molecule has 0 aromatic heterocycles. The monoisotopic (exact) mass is 349 g/mol. The van der Waals surface area contributed by atoms with Crippen LogP contribution in [0.4, 0.5) is 0 Å². The third kappa shape index (κ3) is 3.80. The van der Waals surface area contributed by atoms with Crippen molar-refractivity contribution in [1.82, 2.24) is 5.32 Å². The molecule has 0 fully saturated rings. The number of benzene rings is 2. The van der Waals surface area contributed by atoms with E-state index in [9.17, 15) is 4.79 Å². The van der Waals surface area contributed by atoms with Gasteiger partial charge in [0.25, 0.3) is 5.91 Å². The van der Waals surface area contributed by atoms with Crippen LogP contribution >= 0.6 is 23.2 Å². The van der Waals surface area contributed by atoms with Crippen molar-refractivity contribution in [1.29, 1.82) is 0 Å². The molecule has 2 aromatic carbocycles. The fourth-order valence-electron chi connectivity index (χ4n) is 2.88. The Balaban J connectivity index is 1.61. The Morgan fingerprint density at radius 3 is 2.87 bits per heavy atom. The molecule has 3 nitrogen and oxygen atoms in total. The van der Waals surface area contributed by atoms with Gasteiger partial charge in [0, 0.05) is 0 Å². The van der Waals surface area contributed by atoms with Gasteiger partial charge in [-0.1, -0.05) is 53.5 Å². The van der Waals surface area contributed by atoms with Gasteiger partial charge in [-0.2, -0.15) is 0 Å². The number of carbonyl (C=O) groups excluding carboxylic acids is 1. The number of nitrogens with one attached hydrogen (secondary N) is 1. The largest absolute Gasteiger partial charge is 0.482 e. The summed E-state index contributed by atoms with van der Waals surface area (Å²) in [5, 5.41) is 3.77. The second-order valence-electron chi connectivity index (χ2n) is 5.55. The fourth-order valence-corrected chi connectivity index (χ4v) is 3.23. The van der Waals surface area contributed by atoms with E-state index in [1.54, 1.807) is 18.2 Å². The van der Waals surface area contributed by atoms with E-state index >= 15 is 0 Å². The number of hydrogen-bond donors (Lipinski definition) is 1. The van der Waals surface area contributed by atoms with E-state index in [1.807, 2.05) is 12.1 Å². The third-order valence-electron chi connectivity index (χ3n) is 3.98. The molecule has 23 heavy (non-hydrogen) atoms. The number of amides is 1. The zero-order chi connectivity index (χ0) is 16.2. The minimum atomic E-state index is -0.164. The van der Waals surface area contributed by atoms with Gasteiger partial charge in [-0.3, -0.25) is 4.79 Å². The molecule has 0 radical (unpaired) electrons. The highest BCUT2D eigenvalue weighted by molar-refractivity contribution is 6.42. The predicted molar refractivity (Wildman–Crippen MR) is 92.2 cm³/mol. The number of ether oxygens (including phenoxy) is 1. The number of fused-ring (bicyclic) bond motifs is 1. The minimum absolute atomic E-state index is 0.0471. The zero-order valence-electron chi connectivity index (χ0n) is 12.5. The molecule has 1 N–H and O–H groups in total. The molecule has 2 aromatic rings. The van der Waals surface area contributed by atoms with E-state index in [-0.39, 0.29) is 18.6 Å². The summed E-state index contributed by atoms with van der Waals surface area (Å²) in [6.07, 6.45) is 3.08. The van der Waals surface area contributed by atoms with E-state index < -0.39 is 0 Å². The molecule has 3 rings (SSSR count). The Morgan fingerprint density at radius 2 is 2.00 bits per heavy atom. The number of halogens is 2. The van der Waals surface area contributed by atoms with Crippen molar-refractivity contribution in [3.8, 4) is 5.75 Å². The summed E-state index contributed by atoms with van der Waals surface area (Å²) >= 11 is 12.0. The van der Waals surface area contributed by atoms with Crippen LogP contribution in [-0.4, -0.2) is 12.5 Å². The van der Waals surface area contributed by atoms with E-state index in [1.165, 1.54) is 11.1 Å². The second-order valence-corrected chi connectivity index (χ2v) is 6.34. The van der Waals surface area contributed by atoms with Crippen molar-refractivity contribution in [2.45, 2.75) is 25.3 Å². The van der Waals surface area contributed by atoms with Gasteiger partial charge in [-0.15, -0.1) is 0 Å². The summed E-state index contributed by atoms with van der Waals surface area (Å²) in [4.78, 5) is 12.2. The number of aryl methyl sites for hydroxylation is 1. The van der Waals surface area contributed by atoms with Crippen LogP contribution in [0.3, 0.4) is 0 Å². The first kappa shape index (κ1) is 16.2. The molecule has 0 saturated carbocycles. The van der Waals surface area contributed by atoms with Gasteiger partial charge in [-0.05, 0) is 42.5 Å². The third-order valence-corrected chi connectivity index (χ3v) is 4.78. The Labute approximate surface area is 145 Å². The lowest BCUT2D eigenvalue weighted by atomic mass is 9.88. The van der Waals surface area contributed by atoms with Gasteiger partial charge < -0.3 is 10.1 Å². The van der Waals surface area contributed by atoms with Gasteiger partial charge in [0.2, 0.25) is 0 Å². The number of rotatable bonds is 4. The average Bonchev–Trinajstić information content (AvgIpc) is 2.56. The first-order chi connectivity index (χ1) is 11.1. The van der Waals surface area contributed by atoms with Crippen molar-refractivity contribution in [2.75, 3.05) is 6.61 Å². The van der Waals surface area contributed by atoms with E-state index in [0.717, 1.165) is 19.3 Å². The van der Waals surface area contributed by atoms with Crippen LogP contribution in [0.2, 0.25) is 10.0 Å². The molecule has 0 heterocycles. The molecular weight excluding hydrogens is 333 g/mol. The maximum Gasteiger partial charge on any atom is 0.258 e. The lowest BCUT2D eigenvalue weighted by Crippen LogP contribution is -2.34. The van der Waals surface area contributed by atoms with Crippen LogP contribution in [0.1, 0.15) is 30.0 Å². The van der Waals surface area contributed by atoms with Crippen LogP contribution in [-0.2, 0) is 11.2 Å². The van der Waals surface area contributed by atoms with Gasteiger partial charge in [0.15, 0.2) is 6.61 Å². The SMILES string of the molecule is O=C(COc1cccc(Cl)c1Cl)N[C@H]1CCCc2ccccc21. The van der Waals surface area contributed by atoms with Crippen molar-refractivity contribution in [3.05, 3.63) is 63.6 Å². The van der Waals surface area contributed by atoms with Crippen LogP contribution < -0.4 is 10.1 Å². The minimum Gasteiger partial charge on any atom is -0.482 e. The Morgan fingerprint density at radius 1 is 1.17 bits per heavy atom. The van der Waals surface area contributed by atoms with Crippen molar-refractivity contribution in [2.24, 2.45) is 0 Å². The smallest absolute Gasteiger partial charge is 0.258 e. The fraction of sp³-hybridized carbons (Fsp3) is 0.278. The maximum atomic E-state index is 12.2. The second kappa shape index (κ2) is 7.24. The van der Waals surface area contributed by atoms with Crippen LogP contribution in [0.15, 0.2) is 42.5 Å². The standard InChI is InChI=1S/C18H17Cl2NO2/c19-14-8-4-10-16(18(14)20)23-11-17(22)21-15-9-3-6-12-5-1-2-7-13(12)15/h1-2,4-5,7-8,10,15H,3,6,9,11H2,(H,21,22)/t15-/m0/s1. The van der Waals surface area contributed by atoms with Gasteiger partial charge in [0.05, 0.1) is 11.1 Å². The molecular formula is C18H17Cl2NO2. The molecule has 0 unspecified atom stereocenters. The van der Waals surface area contributed by atoms with Gasteiger partial charge in [-0.25, -0.2) is 0 Å². The number of hydrogen-bond acceptors (Lipinski definition) is 2. The highest BCUT2D eigenvalue weighted by atomic mass is 35.5. The lowest BCUT2D eigenvalue weighted by Gasteiger charge is -2.26. The normalized spacial score (nSPS) is 16.5. The highest BCUT2D eigenvalue weighted by Gasteiger charge is 2.21. The summed E-state index contributed by atoms with van der Waals surface area (Å²) in [6.45, 7) is -0.0846. The summed E-state index contributed by atoms with van der Waals surface area (Å²) < 4.78 is 5.48. The predicted octanol–water partition coefficient (Wildman–Crippen LogP) is 4.57. The molecule has 1 amide bonds. The highest BCUT2D eigenvalue weighted by Crippen LogP contribution is 2.32. The zero-order valence-corrected chi connectivity index (χ0v) is 14.0. The van der Waals surface area contributed by atoms with Crippen molar-refractivity contribution >= 4 is 29.1 Å². The lowest BCUT2D eigenvalue weighted by molar-refractivity contribution is -0.123. The van der Waals surface area contributed by atoms with E-state index in [4.69, 9.17) is 27.9 Å². The van der Waals surface area contributed by atoms with Gasteiger partial charge >= 0.3 is 0 Å². The molecule has 120 valence electrons. The Kier molecular flexibility index (Phi) is 5.09. The van der Waals surface area contributed by atoms with Crippen molar-refractivity contribution in [3.63, 3.8) is 0 Å². The molecule has 1 aliphatic rings. The topological polar surface area (TPSA) is 38.3 Å². The Hall–Kier alpha value is -1.71. The first-order valence-electron chi connectivity index (χ1n) is 7.59. The summed E-state index contributed by atoms with van der Waals surface area (Å²) in [5.41, 5.74) is 2.51. The molecule has 0 aliphatic heterocycles. The van der Waals surface area contributed by atoms with E-state index in [2.05, 4.69) is 17.4 Å². The molecule has 1 aliphatic carbocycles. The molecule has 5 heteroatoms. The summed E-state index contributed by atoms with van der Waals surface area (Å²) in [7, 11) is 0.